The van der Waals surface area contributed by atoms with Crippen LogP contribution in [0.3, 0.4) is 0 Å². The number of hydrogen-bond acceptors (Lipinski definition) is 2. The molecular weight excluding hydrogens is 272 g/mol. The minimum Gasteiger partial charge on any atom is -0.358 e. The molecule has 1 aliphatic heterocycles. The Morgan fingerprint density at radius 2 is 1.68 bits per heavy atom. The van der Waals surface area contributed by atoms with Gasteiger partial charge in [0.05, 0.1) is 5.56 Å². The lowest BCUT2D eigenvalue weighted by Crippen LogP contribution is -2.57. The molecule has 0 saturated carbocycles. The van der Waals surface area contributed by atoms with Crippen molar-refractivity contribution in [3.63, 3.8) is 0 Å². The van der Waals surface area contributed by atoms with Gasteiger partial charge in [-0.1, -0.05) is 56.3 Å². The van der Waals surface area contributed by atoms with Crippen LogP contribution >= 0.6 is 0 Å². The van der Waals surface area contributed by atoms with Crippen LogP contribution in [-0.2, 0) is 5.66 Å². The van der Waals surface area contributed by atoms with Gasteiger partial charge < -0.3 is 10.2 Å². The van der Waals surface area contributed by atoms with Crippen LogP contribution in [0.2, 0.25) is 0 Å². The molecule has 0 saturated heterocycles. The van der Waals surface area contributed by atoms with Gasteiger partial charge in [-0.15, -0.1) is 0 Å². The van der Waals surface area contributed by atoms with E-state index in [1.807, 2.05) is 47.4 Å². The summed E-state index contributed by atoms with van der Waals surface area (Å²) >= 11 is 0. The first kappa shape index (κ1) is 14.6. The number of nitrogens with zero attached hydrogens (tertiary/aromatic N) is 1. The Labute approximate surface area is 132 Å². The zero-order chi connectivity index (χ0) is 15.6. The maximum Gasteiger partial charge on any atom is 0.258 e. The second kappa shape index (κ2) is 5.84. The fourth-order valence-electron chi connectivity index (χ4n) is 3.33. The summed E-state index contributed by atoms with van der Waals surface area (Å²) in [7, 11) is 0. The minimum atomic E-state index is -0.470. The SMILES string of the molecule is CCCN1C(=O)c2ccccc2NC1(CC)c1ccccc1. The van der Waals surface area contributed by atoms with E-state index in [4.69, 9.17) is 0 Å². The molecule has 1 aliphatic rings. The lowest BCUT2D eigenvalue weighted by atomic mass is 9.89. The molecule has 3 rings (SSSR count). The summed E-state index contributed by atoms with van der Waals surface area (Å²) in [5, 5.41) is 3.65. The first-order chi connectivity index (χ1) is 10.7. The smallest absolute Gasteiger partial charge is 0.258 e. The molecule has 1 N–H and O–H groups in total. The van der Waals surface area contributed by atoms with E-state index in [9.17, 15) is 4.79 Å². The maximum atomic E-state index is 13.0. The van der Waals surface area contributed by atoms with Crippen molar-refractivity contribution in [1.29, 1.82) is 0 Å². The fraction of sp³-hybridized carbons (Fsp3) is 0.316. The maximum absolute atomic E-state index is 13.0. The van der Waals surface area contributed by atoms with Gasteiger partial charge in [-0.2, -0.15) is 0 Å². The quantitative estimate of drug-likeness (QED) is 0.915. The molecule has 0 fully saturated rings. The lowest BCUT2D eigenvalue weighted by molar-refractivity contribution is 0.0483. The molecule has 3 nitrogen and oxygen atoms in total. The first-order valence-electron chi connectivity index (χ1n) is 7.97. The zero-order valence-corrected chi connectivity index (χ0v) is 13.2. The van der Waals surface area contributed by atoms with Gasteiger partial charge in [0.15, 0.2) is 0 Å². The van der Waals surface area contributed by atoms with Crippen molar-refractivity contribution in [3.05, 3.63) is 65.7 Å². The van der Waals surface area contributed by atoms with Crippen LogP contribution in [0.4, 0.5) is 5.69 Å². The second-order valence-electron chi connectivity index (χ2n) is 5.71. The van der Waals surface area contributed by atoms with E-state index in [0.29, 0.717) is 0 Å². The Bertz CT molecular complexity index is 668. The highest BCUT2D eigenvalue weighted by Crippen LogP contribution is 2.40. The molecule has 2 aromatic rings. The van der Waals surface area contributed by atoms with E-state index in [2.05, 4.69) is 31.3 Å². The van der Waals surface area contributed by atoms with Crippen molar-refractivity contribution in [1.82, 2.24) is 4.90 Å². The van der Waals surface area contributed by atoms with Crippen molar-refractivity contribution in [2.24, 2.45) is 0 Å². The summed E-state index contributed by atoms with van der Waals surface area (Å²) in [6.07, 6.45) is 1.75. The summed E-state index contributed by atoms with van der Waals surface area (Å²) in [5.74, 6) is 0.113. The van der Waals surface area contributed by atoms with Gasteiger partial charge >= 0.3 is 0 Å². The molecule has 1 atom stereocenters. The summed E-state index contributed by atoms with van der Waals surface area (Å²) in [6, 6.07) is 18.1. The van der Waals surface area contributed by atoms with Gasteiger partial charge in [-0.05, 0) is 30.5 Å². The fourth-order valence-corrected chi connectivity index (χ4v) is 3.33. The second-order valence-corrected chi connectivity index (χ2v) is 5.71. The minimum absolute atomic E-state index is 0.113. The largest absolute Gasteiger partial charge is 0.358 e. The van der Waals surface area contributed by atoms with Crippen LogP contribution in [0.5, 0.6) is 0 Å². The van der Waals surface area contributed by atoms with Crippen LogP contribution in [-0.4, -0.2) is 17.4 Å². The van der Waals surface area contributed by atoms with Gasteiger partial charge in [0.25, 0.3) is 5.91 Å². The van der Waals surface area contributed by atoms with E-state index in [1.54, 1.807) is 0 Å². The third-order valence-corrected chi connectivity index (χ3v) is 4.42. The molecule has 1 heterocycles. The molecule has 0 bridgehead atoms. The highest BCUT2D eigenvalue weighted by atomic mass is 16.2. The summed E-state index contributed by atoms with van der Waals surface area (Å²) < 4.78 is 0. The van der Waals surface area contributed by atoms with Crippen LogP contribution in [0.25, 0.3) is 0 Å². The third-order valence-electron chi connectivity index (χ3n) is 4.42. The summed E-state index contributed by atoms with van der Waals surface area (Å²) in [5.41, 5.74) is 2.35. The predicted octanol–water partition coefficient (Wildman–Crippen LogP) is 4.23. The number of amides is 1. The van der Waals surface area contributed by atoms with Gasteiger partial charge in [0.1, 0.15) is 5.66 Å². The number of carbonyl (C=O) groups is 1. The van der Waals surface area contributed by atoms with Crippen molar-refractivity contribution in [2.75, 3.05) is 11.9 Å². The molecule has 0 spiro atoms. The normalized spacial score (nSPS) is 20.5. The molecule has 114 valence electrons. The molecule has 3 heteroatoms. The average Bonchev–Trinajstić information content (AvgIpc) is 2.58. The number of hydrogen-bond donors (Lipinski definition) is 1. The lowest BCUT2D eigenvalue weighted by Gasteiger charge is -2.48. The average molecular weight is 294 g/mol. The van der Waals surface area contributed by atoms with E-state index in [-0.39, 0.29) is 5.91 Å². The Morgan fingerprint density at radius 3 is 2.36 bits per heavy atom. The monoisotopic (exact) mass is 294 g/mol. The van der Waals surface area contributed by atoms with E-state index in [1.165, 1.54) is 0 Å². The Hall–Kier alpha value is -2.29. The van der Waals surface area contributed by atoms with Crippen LogP contribution in [0, 0.1) is 0 Å². The zero-order valence-electron chi connectivity index (χ0n) is 13.2. The van der Waals surface area contributed by atoms with Gasteiger partial charge in [-0.25, -0.2) is 0 Å². The molecule has 2 aromatic carbocycles. The highest BCUT2D eigenvalue weighted by Gasteiger charge is 2.44. The highest BCUT2D eigenvalue weighted by molar-refractivity contribution is 6.02. The van der Waals surface area contributed by atoms with Crippen LogP contribution in [0.15, 0.2) is 54.6 Å². The van der Waals surface area contributed by atoms with Gasteiger partial charge in [-0.3, -0.25) is 4.79 Å². The standard InChI is InChI=1S/C19H22N2O/c1-3-14-21-18(22)16-12-8-9-13-17(16)20-19(21,4-2)15-10-6-5-7-11-15/h5-13,20H,3-4,14H2,1-2H3. The number of rotatable bonds is 4. The van der Waals surface area contributed by atoms with Gasteiger partial charge in [0.2, 0.25) is 0 Å². The Morgan fingerprint density at radius 1 is 1.00 bits per heavy atom. The van der Waals surface area contributed by atoms with Crippen LogP contribution < -0.4 is 5.32 Å². The number of carbonyl (C=O) groups excluding carboxylic acids is 1. The number of nitrogens with one attached hydrogen (secondary N) is 1. The topological polar surface area (TPSA) is 32.3 Å². The first-order valence-corrected chi connectivity index (χ1v) is 7.97. The summed E-state index contributed by atoms with van der Waals surface area (Å²) in [6.45, 7) is 4.98. The predicted molar refractivity (Wildman–Crippen MR) is 89.8 cm³/mol. The third kappa shape index (κ3) is 2.17. The number of para-hydroxylation sites is 1. The Kier molecular flexibility index (Phi) is 3.88. The van der Waals surface area contributed by atoms with Crippen LogP contribution in [0.1, 0.15) is 42.6 Å². The van der Waals surface area contributed by atoms with E-state index >= 15 is 0 Å². The molecule has 1 unspecified atom stereocenters. The molecule has 0 radical (unpaired) electrons. The van der Waals surface area contributed by atoms with Crippen molar-refractivity contribution >= 4 is 11.6 Å². The van der Waals surface area contributed by atoms with Crippen molar-refractivity contribution in [3.8, 4) is 0 Å². The number of anilines is 1. The van der Waals surface area contributed by atoms with Crippen molar-refractivity contribution < 1.29 is 4.79 Å². The van der Waals surface area contributed by atoms with E-state index in [0.717, 1.165) is 36.2 Å². The van der Waals surface area contributed by atoms with Crippen molar-refractivity contribution in [2.45, 2.75) is 32.4 Å². The summed E-state index contributed by atoms with van der Waals surface area (Å²) in [4.78, 5) is 15.0. The van der Waals surface area contributed by atoms with Gasteiger partial charge in [0, 0.05) is 12.2 Å². The molecule has 1 amide bonds. The van der Waals surface area contributed by atoms with E-state index < -0.39 is 5.66 Å². The number of benzene rings is 2. The molecule has 0 aliphatic carbocycles. The molecule has 0 aromatic heterocycles. The molecular formula is C19H22N2O. The number of fused-ring (bicyclic) bond motifs is 1. The Balaban J connectivity index is 2.17. The molecule has 22 heavy (non-hydrogen) atoms.